The van der Waals surface area contributed by atoms with Crippen molar-refractivity contribution in [3.63, 3.8) is 0 Å². The Labute approximate surface area is 112 Å². The maximum absolute atomic E-state index is 12.1. The van der Waals surface area contributed by atoms with Gasteiger partial charge in [-0.15, -0.1) is 0 Å². The molecule has 1 aliphatic rings. The topological polar surface area (TPSA) is 67.4 Å². The highest BCUT2D eigenvalue weighted by Crippen LogP contribution is 2.16. The number of rotatable bonds is 4. The summed E-state index contributed by atoms with van der Waals surface area (Å²) in [5.41, 5.74) is 0. The van der Waals surface area contributed by atoms with E-state index < -0.39 is 10.0 Å². The van der Waals surface area contributed by atoms with Crippen LogP contribution in [0, 0.1) is 0 Å². The van der Waals surface area contributed by atoms with Gasteiger partial charge in [0, 0.05) is 25.2 Å². The largest absolute Gasteiger partial charge is 0.378 e. The Bertz CT molecular complexity index is 521. The summed E-state index contributed by atoms with van der Waals surface area (Å²) in [6.45, 7) is 1.19. The second kappa shape index (κ2) is 5.54. The van der Waals surface area contributed by atoms with Gasteiger partial charge in [0.1, 0.15) is 0 Å². The summed E-state index contributed by atoms with van der Waals surface area (Å²) in [5.74, 6) is 0. The highest BCUT2D eigenvalue weighted by Gasteiger charge is 2.31. The molecule has 5 nitrogen and oxygen atoms in total. The van der Waals surface area contributed by atoms with Crippen LogP contribution in [0.3, 0.4) is 0 Å². The van der Waals surface area contributed by atoms with E-state index in [2.05, 4.69) is 10.0 Å². The summed E-state index contributed by atoms with van der Waals surface area (Å²) in [4.78, 5) is 0.164. The molecule has 0 aliphatic carbocycles. The predicted octanol–water partition coefficient (Wildman–Crippen LogP) is 0.605. The fraction of sp³-hybridized carbons (Fsp3) is 0.455. The van der Waals surface area contributed by atoms with Gasteiger partial charge in [0.2, 0.25) is 10.0 Å². The Balaban J connectivity index is 2.17. The zero-order chi connectivity index (χ0) is 13.2. The van der Waals surface area contributed by atoms with Crippen molar-refractivity contribution in [1.29, 1.82) is 0 Å². The van der Waals surface area contributed by atoms with Crippen molar-refractivity contribution < 1.29 is 13.2 Å². The lowest BCUT2D eigenvalue weighted by atomic mass is 10.2. The molecule has 18 heavy (non-hydrogen) atoms. The van der Waals surface area contributed by atoms with Crippen molar-refractivity contribution in [2.24, 2.45) is 0 Å². The van der Waals surface area contributed by atoms with E-state index in [1.165, 1.54) is 12.1 Å². The molecule has 1 aliphatic heterocycles. The zero-order valence-corrected chi connectivity index (χ0v) is 11.5. The number of sulfonamides is 1. The van der Waals surface area contributed by atoms with E-state index in [-0.39, 0.29) is 17.0 Å². The van der Waals surface area contributed by atoms with Gasteiger partial charge in [-0.05, 0) is 18.2 Å². The summed E-state index contributed by atoms with van der Waals surface area (Å²) in [7, 11) is -2.00. The Morgan fingerprint density at radius 3 is 2.89 bits per heavy atom. The van der Waals surface area contributed by atoms with Crippen LogP contribution in [0.5, 0.6) is 0 Å². The lowest BCUT2D eigenvalue weighted by Gasteiger charge is -2.18. The minimum absolute atomic E-state index is 0.154. The Hall–Kier alpha value is -0.660. The molecule has 2 rings (SSSR count). The van der Waals surface area contributed by atoms with Gasteiger partial charge in [0.05, 0.1) is 17.0 Å². The second-order valence-corrected chi connectivity index (χ2v) is 6.27. The molecule has 0 saturated carbocycles. The van der Waals surface area contributed by atoms with Gasteiger partial charge in [-0.25, -0.2) is 13.1 Å². The number of methoxy groups -OCH3 is 1. The highest BCUT2D eigenvalue weighted by atomic mass is 35.5. The van der Waals surface area contributed by atoms with Crippen LogP contribution in [0.4, 0.5) is 0 Å². The third-order valence-corrected chi connectivity index (χ3v) is 4.60. The van der Waals surface area contributed by atoms with Crippen molar-refractivity contribution in [1.82, 2.24) is 10.0 Å². The van der Waals surface area contributed by atoms with Crippen molar-refractivity contribution in [2.45, 2.75) is 17.0 Å². The molecule has 7 heteroatoms. The first-order chi connectivity index (χ1) is 8.53. The number of benzene rings is 1. The Kier molecular flexibility index (Phi) is 4.24. The minimum atomic E-state index is -3.56. The van der Waals surface area contributed by atoms with Crippen LogP contribution in [0.2, 0.25) is 5.02 Å². The van der Waals surface area contributed by atoms with E-state index in [9.17, 15) is 8.42 Å². The van der Waals surface area contributed by atoms with Crippen molar-refractivity contribution in [3.05, 3.63) is 29.3 Å². The van der Waals surface area contributed by atoms with Gasteiger partial charge in [-0.3, -0.25) is 0 Å². The van der Waals surface area contributed by atoms with Gasteiger partial charge in [0.15, 0.2) is 0 Å². The first-order valence-corrected chi connectivity index (χ1v) is 7.40. The van der Waals surface area contributed by atoms with Crippen molar-refractivity contribution in [3.8, 4) is 0 Å². The lowest BCUT2D eigenvalue weighted by molar-refractivity contribution is 0.103. The van der Waals surface area contributed by atoms with Crippen LogP contribution < -0.4 is 10.0 Å². The summed E-state index contributed by atoms with van der Waals surface area (Å²) < 4.78 is 32.1. The van der Waals surface area contributed by atoms with Gasteiger partial charge in [-0.2, -0.15) is 0 Å². The van der Waals surface area contributed by atoms with E-state index in [0.717, 1.165) is 0 Å². The fourth-order valence-electron chi connectivity index (χ4n) is 1.92. The van der Waals surface area contributed by atoms with Crippen LogP contribution in [0.15, 0.2) is 29.2 Å². The van der Waals surface area contributed by atoms with Crippen LogP contribution >= 0.6 is 11.6 Å². The number of ether oxygens (including phenoxy) is 1. The number of hydrogen-bond acceptors (Lipinski definition) is 4. The van der Waals surface area contributed by atoms with Crippen LogP contribution in [-0.4, -0.2) is 40.8 Å². The van der Waals surface area contributed by atoms with E-state index >= 15 is 0 Å². The second-order valence-electron chi connectivity index (χ2n) is 4.12. The molecule has 0 bridgehead atoms. The molecule has 2 N–H and O–H groups in total. The van der Waals surface area contributed by atoms with Crippen LogP contribution in [0.25, 0.3) is 0 Å². The summed E-state index contributed by atoms with van der Waals surface area (Å²) in [5, 5.41) is 3.47. The fourth-order valence-corrected chi connectivity index (χ4v) is 3.49. The van der Waals surface area contributed by atoms with Crippen LogP contribution in [-0.2, 0) is 14.8 Å². The molecule has 1 saturated heterocycles. The average Bonchev–Trinajstić information content (AvgIpc) is 2.75. The molecule has 1 fully saturated rings. The third kappa shape index (κ3) is 3.02. The molecule has 1 heterocycles. The molecule has 1 aromatic rings. The van der Waals surface area contributed by atoms with E-state index in [1.807, 2.05) is 0 Å². The molecule has 1 unspecified atom stereocenters. The van der Waals surface area contributed by atoms with Crippen molar-refractivity contribution >= 4 is 21.6 Å². The number of nitrogens with one attached hydrogen (secondary N) is 2. The van der Waals surface area contributed by atoms with E-state index in [4.69, 9.17) is 16.3 Å². The van der Waals surface area contributed by atoms with Gasteiger partial charge >= 0.3 is 0 Å². The highest BCUT2D eigenvalue weighted by molar-refractivity contribution is 7.89. The quantitative estimate of drug-likeness (QED) is 0.852. The van der Waals surface area contributed by atoms with Gasteiger partial charge in [0.25, 0.3) is 0 Å². The summed E-state index contributed by atoms with van der Waals surface area (Å²) in [6, 6.07) is 5.92. The molecule has 0 radical (unpaired) electrons. The molecule has 0 spiro atoms. The predicted molar refractivity (Wildman–Crippen MR) is 69.2 cm³/mol. The Morgan fingerprint density at radius 1 is 1.44 bits per heavy atom. The first-order valence-electron chi connectivity index (χ1n) is 5.54. The number of hydrogen-bond donors (Lipinski definition) is 2. The first kappa shape index (κ1) is 13.8. The van der Waals surface area contributed by atoms with Crippen LogP contribution in [0.1, 0.15) is 0 Å². The summed E-state index contributed by atoms with van der Waals surface area (Å²) >= 11 is 5.79. The molecular formula is C11H15ClN2O3S. The molecule has 1 aromatic carbocycles. The van der Waals surface area contributed by atoms with Crippen molar-refractivity contribution in [2.75, 3.05) is 20.2 Å². The van der Waals surface area contributed by atoms with Gasteiger partial charge < -0.3 is 10.1 Å². The molecule has 2 atom stereocenters. The standard InChI is InChI=1S/C11H15ClN2O3S/c1-17-11-7-13-6-10(11)14-18(15,16)9-4-2-3-8(12)5-9/h2-5,10-11,13-14H,6-7H2,1H3/t10?,11-/m0/s1. The molecule has 0 aromatic heterocycles. The normalized spacial score (nSPS) is 24.3. The number of halogens is 1. The molecule has 100 valence electrons. The maximum Gasteiger partial charge on any atom is 0.241 e. The average molecular weight is 291 g/mol. The maximum atomic E-state index is 12.1. The molecular weight excluding hydrogens is 276 g/mol. The minimum Gasteiger partial charge on any atom is -0.378 e. The van der Waals surface area contributed by atoms with E-state index in [0.29, 0.717) is 18.1 Å². The lowest BCUT2D eigenvalue weighted by Crippen LogP contribution is -2.43. The smallest absolute Gasteiger partial charge is 0.241 e. The van der Waals surface area contributed by atoms with E-state index in [1.54, 1.807) is 19.2 Å². The molecule has 0 amide bonds. The SMILES string of the molecule is CO[C@H]1CNCC1NS(=O)(=O)c1cccc(Cl)c1. The van der Waals surface area contributed by atoms with Gasteiger partial charge in [-0.1, -0.05) is 17.7 Å². The zero-order valence-electron chi connectivity index (χ0n) is 9.89. The summed E-state index contributed by atoms with van der Waals surface area (Å²) in [6.07, 6.45) is -0.154. The Morgan fingerprint density at radius 2 is 2.22 bits per heavy atom. The monoisotopic (exact) mass is 290 g/mol. The third-order valence-electron chi connectivity index (χ3n) is 2.87.